The number of hydrogen-bond acceptors (Lipinski definition) is 3. The van der Waals surface area contributed by atoms with Gasteiger partial charge in [-0.1, -0.05) is 63.2 Å². The molecule has 5 heteroatoms. The molecular formula is C22H23NO3S. The predicted molar refractivity (Wildman–Crippen MR) is 110 cm³/mol. The lowest BCUT2D eigenvalue weighted by molar-refractivity contribution is -0.113. The number of benzene rings is 3. The average Bonchev–Trinajstić information content (AvgIpc) is 2.60. The summed E-state index contributed by atoms with van der Waals surface area (Å²) in [5.41, 5.74) is 1.74. The van der Waals surface area contributed by atoms with Gasteiger partial charge in [0.05, 0.1) is 4.90 Å². The second-order valence-electron chi connectivity index (χ2n) is 7.64. The number of carbonyl (C=O) groups excluding carboxylic acids is 1. The molecule has 1 amide bonds. The zero-order valence-corrected chi connectivity index (χ0v) is 16.5. The Kier molecular flexibility index (Phi) is 5.07. The third-order valence-electron chi connectivity index (χ3n) is 4.44. The summed E-state index contributed by atoms with van der Waals surface area (Å²) >= 11 is 0. The molecule has 0 aliphatic heterocycles. The molecule has 0 radical (unpaired) electrons. The summed E-state index contributed by atoms with van der Waals surface area (Å²) in [6, 6.07) is 19.9. The highest BCUT2D eigenvalue weighted by molar-refractivity contribution is 7.92. The predicted octanol–water partition coefficient (Wildman–Crippen LogP) is 4.55. The van der Waals surface area contributed by atoms with Gasteiger partial charge in [0.15, 0.2) is 9.84 Å². The van der Waals surface area contributed by atoms with Gasteiger partial charge in [-0.15, -0.1) is 0 Å². The largest absolute Gasteiger partial charge is 0.325 e. The third-order valence-corrected chi connectivity index (χ3v) is 6.05. The van der Waals surface area contributed by atoms with Crippen LogP contribution in [0.25, 0.3) is 10.8 Å². The Bertz CT molecular complexity index is 1080. The Hall–Kier alpha value is -2.66. The van der Waals surface area contributed by atoms with E-state index in [2.05, 4.69) is 26.1 Å². The molecule has 0 heterocycles. The zero-order valence-electron chi connectivity index (χ0n) is 15.7. The first-order valence-corrected chi connectivity index (χ1v) is 10.4. The summed E-state index contributed by atoms with van der Waals surface area (Å²) in [5.74, 6) is -1.14. The quantitative estimate of drug-likeness (QED) is 0.721. The van der Waals surface area contributed by atoms with Crippen molar-refractivity contribution in [1.29, 1.82) is 0 Å². The van der Waals surface area contributed by atoms with Crippen molar-refractivity contribution in [2.45, 2.75) is 31.1 Å². The van der Waals surface area contributed by atoms with Crippen molar-refractivity contribution in [3.05, 3.63) is 72.3 Å². The maximum Gasteiger partial charge on any atom is 0.239 e. The van der Waals surface area contributed by atoms with E-state index in [1.54, 1.807) is 30.3 Å². The topological polar surface area (TPSA) is 63.2 Å². The minimum atomic E-state index is -3.71. The highest BCUT2D eigenvalue weighted by Crippen LogP contribution is 2.24. The standard InChI is InChI=1S/C22H23NO3S/c1-22(2,3)18-9-11-19(12-10-18)23-21(24)15-27(25,26)20-13-8-16-6-4-5-7-17(16)14-20/h4-14H,15H2,1-3H3,(H,23,24). The van der Waals surface area contributed by atoms with E-state index in [9.17, 15) is 13.2 Å². The molecule has 27 heavy (non-hydrogen) atoms. The molecule has 3 aromatic carbocycles. The Morgan fingerprint density at radius 2 is 1.52 bits per heavy atom. The summed E-state index contributed by atoms with van der Waals surface area (Å²) in [6.07, 6.45) is 0. The van der Waals surface area contributed by atoms with Crippen molar-refractivity contribution in [2.75, 3.05) is 11.1 Å². The Morgan fingerprint density at radius 1 is 0.889 bits per heavy atom. The van der Waals surface area contributed by atoms with E-state index in [0.717, 1.165) is 16.3 Å². The highest BCUT2D eigenvalue weighted by Gasteiger charge is 2.20. The van der Waals surface area contributed by atoms with Crippen LogP contribution in [-0.2, 0) is 20.0 Å². The van der Waals surface area contributed by atoms with Crippen LogP contribution in [0, 0.1) is 0 Å². The first kappa shape index (κ1) is 19.1. The maximum absolute atomic E-state index is 12.6. The number of nitrogens with one attached hydrogen (secondary N) is 1. The van der Waals surface area contributed by atoms with Gasteiger partial charge < -0.3 is 5.32 Å². The van der Waals surface area contributed by atoms with Gasteiger partial charge in [-0.2, -0.15) is 0 Å². The molecule has 1 N–H and O–H groups in total. The minimum absolute atomic E-state index is 0.0158. The number of sulfone groups is 1. The van der Waals surface area contributed by atoms with Crippen LogP contribution in [0.1, 0.15) is 26.3 Å². The van der Waals surface area contributed by atoms with E-state index in [4.69, 9.17) is 0 Å². The average molecular weight is 381 g/mol. The summed E-state index contributed by atoms with van der Waals surface area (Å²) in [5, 5.41) is 4.45. The van der Waals surface area contributed by atoms with Gasteiger partial charge in [0.1, 0.15) is 5.75 Å². The van der Waals surface area contributed by atoms with Crippen LogP contribution >= 0.6 is 0 Å². The molecule has 0 saturated heterocycles. The van der Waals surface area contributed by atoms with E-state index in [1.807, 2.05) is 36.4 Å². The molecule has 0 aliphatic carbocycles. The third kappa shape index (κ3) is 4.55. The van der Waals surface area contributed by atoms with Crippen LogP contribution < -0.4 is 5.32 Å². The molecule has 0 fully saturated rings. The smallest absolute Gasteiger partial charge is 0.239 e. The van der Waals surface area contributed by atoms with Crippen LogP contribution in [0.15, 0.2) is 71.6 Å². The van der Waals surface area contributed by atoms with E-state index in [1.165, 1.54) is 0 Å². The highest BCUT2D eigenvalue weighted by atomic mass is 32.2. The summed E-state index contributed by atoms with van der Waals surface area (Å²) < 4.78 is 25.2. The molecule has 0 aromatic heterocycles. The van der Waals surface area contributed by atoms with Crippen LogP contribution in [-0.4, -0.2) is 20.1 Å². The van der Waals surface area contributed by atoms with Gasteiger partial charge in [-0.3, -0.25) is 4.79 Å². The van der Waals surface area contributed by atoms with Crippen LogP contribution in [0.5, 0.6) is 0 Å². The van der Waals surface area contributed by atoms with Crippen LogP contribution in [0.4, 0.5) is 5.69 Å². The van der Waals surface area contributed by atoms with Crippen molar-refractivity contribution < 1.29 is 13.2 Å². The molecular weight excluding hydrogens is 358 g/mol. The molecule has 0 unspecified atom stereocenters. The Morgan fingerprint density at radius 3 is 2.15 bits per heavy atom. The number of rotatable bonds is 4. The van der Waals surface area contributed by atoms with Crippen molar-refractivity contribution in [3.63, 3.8) is 0 Å². The molecule has 0 spiro atoms. The van der Waals surface area contributed by atoms with Gasteiger partial charge in [0.2, 0.25) is 5.91 Å². The monoisotopic (exact) mass is 381 g/mol. The molecule has 4 nitrogen and oxygen atoms in total. The van der Waals surface area contributed by atoms with E-state index in [-0.39, 0.29) is 10.3 Å². The molecule has 0 bridgehead atoms. The lowest BCUT2D eigenvalue weighted by Gasteiger charge is -2.19. The lowest BCUT2D eigenvalue weighted by atomic mass is 9.87. The number of amides is 1. The molecule has 0 atom stereocenters. The zero-order chi connectivity index (χ0) is 19.7. The lowest BCUT2D eigenvalue weighted by Crippen LogP contribution is -2.23. The van der Waals surface area contributed by atoms with Crippen molar-refractivity contribution in [3.8, 4) is 0 Å². The van der Waals surface area contributed by atoms with E-state index in [0.29, 0.717) is 5.69 Å². The fourth-order valence-corrected chi connectivity index (χ4v) is 4.03. The number of fused-ring (bicyclic) bond motifs is 1. The Labute approximate surface area is 160 Å². The van der Waals surface area contributed by atoms with Gasteiger partial charge in [0.25, 0.3) is 0 Å². The van der Waals surface area contributed by atoms with Crippen LogP contribution in [0.3, 0.4) is 0 Å². The van der Waals surface area contributed by atoms with Gasteiger partial charge in [-0.25, -0.2) is 8.42 Å². The van der Waals surface area contributed by atoms with Crippen molar-refractivity contribution in [1.82, 2.24) is 0 Å². The number of hydrogen-bond donors (Lipinski definition) is 1. The first-order chi connectivity index (χ1) is 12.6. The van der Waals surface area contributed by atoms with Crippen molar-refractivity contribution in [2.24, 2.45) is 0 Å². The minimum Gasteiger partial charge on any atom is -0.325 e. The molecule has 0 saturated carbocycles. The van der Waals surface area contributed by atoms with Crippen molar-refractivity contribution >= 4 is 32.2 Å². The van der Waals surface area contributed by atoms with Crippen LogP contribution in [0.2, 0.25) is 0 Å². The first-order valence-electron chi connectivity index (χ1n) is 8.77. The number of carbonyl (C=O) groups is 1. The molecule has 3 aromatic rings. The number of anilines is 1. The summed E-state index contributed by atoms with van der Waals surface area (Å²) in [6.45, 7) is 6.32. The molecule has 0 aliphatic rings. The fourth-order valence-electron chi connectivity index (χ4n) is 2.87. The van der Waals surface area contributed by atoms with Gasteiger partial charge >= 0.3 is 0 Å². The second kappa shape index (κ2) is 7.16. The fraction of sp³-hybridized carbons (Fsp3) is 0.227. The summed E-state index contributed by atoms with van der Waals surface area (Å²) in [4.78, 5) is 12.4. The second-order valence-corrected chi connectivity index (χ2v) is 9.63. The SMILES string of the molecule is CC(C)(C)c1ccc(NC(=O)CS(=O)(=O)c2ccc3ccccc3c2)cc1. The van der Waals surface area contributed by atoms with Gasteiger partial charge in [-0.05, 0) is 46.0 Å². The Balaban J connectivity index is 1.74. The van der Waals surface area contributed by atoms with Gasteiger partial charge in [0, 0.05) is 5.69 Å². The van der Waals surface area contributed by atoms with E-state index < -0.39 is 21.5 Å². The van der Waals surface area contributed by atoms with E-state index >= 15 is 0 Å². The molecule has 3 rings (SSSR count). The summed E-state index contributed by atoms with van der Waals surface area (Å²) in [7, 11) is -3.71. The maximum atomic E-state index is 12.6. The normalized spacial score (nSPS) is 12.1. The molecule has 140 valence electrons.